The second-order valence-corrected chi connectivity index (χ2v) is 5.62. The molecule has 2 rings (SSSR count). The Morgan fingerprint density at radius 2 is 2.00 bits per heavy atom. The number of urea groups is 1. The molecule has 1 heterocycles. The van der Waals surface area contributed by atoms with Crippen LogP contribution in [-0.2, 0) is 4.79 Å². The number of nitrogens with zero attached hydrogens (tertiary/aromatic N) is 1. The third-order valence-corrected chi connectivity index (χ3v) is 3.71. The van der Waals surface area contributed by atoms with E-state index in [0.29, 0.717) is 19.0 Å². The molecule has 0 spiro atoms. The molecule has 0 bridgehead atoms. The molecule has 20 heavy (non-hydrogen) atoms. The highest BCUT2D eigenvalue weighted by Gasteiger charge is 2.25. The van der Waals surface area contributed by atoms with E-state index in [1.165, 1.54) is 6.42 Å². The Hall–Kier alpha value is -0.850. The summed E-state index contributed by atoms with van der Waals surface area (Å²) in [6, 6.07) is -0.0836. The van der Waals surface area contributed by atoms with Crippen LogP contribution in [0.25, 0.3) is 0 Å². The Morgan fingerprint density at radius 1 is 1.25 bits per heavy atom. The number of nitrogens with two attached hydrogens (primary N) is 1. The Kier molecular flexibility index (Phi) is 7.26. The molecule has 7 heteroatoms. The van der Waals surface area contributed by atoms with Crippen LogP contribution in [0.15, 0.2) is 0 Å². The maximum absolute atomic E-state index is 11.7. The maximum atomic E-state index is 11.7. The van der Waals surface area contributed by atoms with Crippen molar-refractivity contribution in [3.8, 4) is 0 Å². The average molecular weight is 305 g/mol. The average Bonchev–Trinajstić information content (AvgIpc) is 3.13. The number of likely N-dealkylation sites (tertiary alicyclic amines) is 1. The van der Waals surface area contributed by atoms with Gasteiger partial charge < -0.3 is 11.1 Å². The summed E-state index contributed by atoms with van der Waals surface area (Å²) in [7, 11) is 0. The molecule has 0 radical (unpaired) electrons. The number of halogens is 1. The first-order valence-corrected chi connectivity index (χ1v) is 7.20. The molecule has 116 valence electrons. The van der Waals surface area contributed by atoms with Crippen LogP contribution in [0.4, 0.5) is 4.79 Å². The van der Waals surface area contributed by atoms with Gasteiger partial charge in [-0.15, -0.1) is 12.4 Å². The van der Waals surface area contributed by atoms with Gasteiger partial charge in [-0.1, -0.05) is 0 Å². The number of piperidine rings is 1. The minimum absolute atomic E-state index is 0. The lowest BCUT2D eigenvalue weighted by Crippen LogP contribution is -2.47. The molecule has 6 nitrogen and oxygen atoms in total. The van der Waals surface area contributed by atoms with Crippen LogP contribution in [0.1, 0.15) is 32.1 Å². The molecule has 3 amide bonds. The van der Waals surface area contributed by atoms with E-state index in [4.69, 9.17) is 5.73 Å². The van der Waals surface area contributed by atoms with Crippen molar-refractivity contribution in [1.82, 2.24) is 15.5 Å². The molecule has 1 saturated carbocycles. The van der Waals surface area contributed by atoms with Crippen LogP contribution in [0.2, 0.25) is 0 Å². The van der Waals surface area contributed by atoms with E-state index in [9.17, 15) is 9.59 Å². The summed E-state index contributed by atoms with van der Waals surface area (Å²) in [6.07, 6.45) is 5.35. The third kappa shape index (κ3) is 6.07. The maximum Gasteiger partial charge on any atom is 0.321 e. The zero-order chi connectivity index (χ0) is 13.7. The Labute approximate surface area is 126 Å². The topological polar surface area (TPSA) is 87.5 Å². The molecular formula is C13H25ClN4O2. The lowest BCUT2D eigenvalue weighted by atomic mass is 9.95. The number of rotatable bonds is 5. The Balaban J connectivity index is 0.00000200. The van der Waals surface area contributed by atoms with Gasteiger partial charge in [0.25, 0.3) is 0 Å². The highest BCUT2D eigenvalue weighted by molar-refractivity contribution is 5.95. The van der Waals surface area contributed by atoms with Gasteiger partial charge in [0.05, 0.1) is 6.54 Å². The fourth-order valence-electron chi connectivity index (χ4n) is 2.58. The molecule has 2 aliphatic rings. The number of hydrogen-bond donors (Lipinski definition) is 3. The lowest BCUT2D eigenvalue weighted by Gasteiger charge is -2.31. The number of nitrogens with one attached hydrogen (secondary N) is 2. The van der Waals surface area contributed by atoms with Crippen molar-refractivity contribution in [2.75, 3.05) is 26.2 Å². The van der Waals surface area contributed by atoms with Crippen molar-refractivity contribution < 1.29 is 9.59 Å². The fraction of sp³-hybridized carbons (Fsp3) is 0.846. The van der Waals surface area contributed by atoms with Crippen molar-refractivity contribution in [2.45, 2.75) is 38.1 Å². The van der Waals surface area contributed by atoms with Crippen molar-refractivity contribution in [1.29, 1.82) is 0 Å². The number of carbonyl (C=O) groups is 2. The molecule has 0 aromatic rings. The number of amides is 3. The second kappa shape index (κ2) is 8.44. The SMILES string of the molecule is Cl.NCCC1CCCN(CC(=O)NC(=O)NC2CC2)C1. The van der Waals surface area contributed by atoms with Gasteiger partial charge in [0.2, 0.25) is 5.91 Å². The Morgan fingerprint density at radius 3 is 2.65 bits per heavy atom. The number of imide groups is 1. The molecule has 1 unspecified atom stereocenters. The summed E-state index contributed by atoms with van der Waals surface area (Å²) in [5.74, 6) is 0.374. The Bertz CT molecular complexity index is 334. The summed E-state index contributed by atoms with van der Waals surface area (Å²) >= 11 is 0. The quantitative estimate of drug-likeness (QED) is 0.688. The number of hydrogen-bond acceptors (Lipinski definition) is 4. The molecule has 0 aromatic heterocycles. The zero-order valence-corrected chi connectivity index (χ0v) is 12.6. The molecule has 2 fully saturated rings. The zero-order valence-electron chi connectivity index (χ0n) is 11.8. The van der Waals surface area contributed by atoms with Crippen molar-refractivity contribution >= 4 is 24.3 Å². The van der Waals surface area contributed by atoms with E-state index in [1.807, 2.05) is 0 Å². The number of carbonyl (C=O) groups excluding carboxylic acids is 2. The molecule has 1 atom stereocenters. The molecule has 4 N–H and O–H groups in total. The predicted octanol–water partition coefficient (Wildman–Crippen LogP) is 0.457. The normalized spacial score (nSPS) is 22.8. The van der Waals surface area contributed by atoms with E-state index in [2.05, 4.69) is 15.5 Å². The van der Waals surface area contributed by atoms with Gasteiger partial charge in [-0.05, 0) is 51.1 Å². The monoisotopic (exact) mass is 304 g/mol. The highest BCUT2D eigenvalue weighted by Crippen LogP contribution is 2.19. The first-order valence-electron chi connectivity index (χ1n) is 7.20. The minimum atomic E-state index is -0.358. The van der Waals surface area contributed by atoms with Gasteiger partial charge in [0.1, 0.15) is 0 Å². The van der Waals surface area contributed by atoms with Crippen LogP contribution in [-0.4, -0.2) is 49.1 Å². The second-order valence-electron chi connectivity index (χ2n) is 5.62. The van der Waals surface area contributed by atoms with Crippen LogP contribution < -0.4 is 16.4 Å². The van der Waals surface area contributed by atoms with Crippen molar-refractivity contribution in [2.24, 2.45) is 11.7 Å². The van der Waals surface area contributed by atoms with E-state index >= 15 is 0 Å². The van der Waals surface area contributed by atoms with E-state index in [-0.39, 0.29) is 30.4 Å². The van der Waals surface area contributed by atoms with Crippen molar-refractivity contribution in [3.63, 3.8) is 0 Å². The molecular weight excluding hydrogens is 280 g/mol. The van der Waals surface area contributed by atoms with Crippen LogP contribution >= 0.6 is 12.4 Å². The lowest BCUT2D eigenvalue weighted by molar-refractivity contribution is -0.121. The standard InChI is InChI=1S/C13H24N4O2.ClH/c14-6-5-10-2-1-7-17(8-10)9-12(18)16-13(19)15-11-3-4-11;/h10-11H,1-9,14H2,(H2,15,16,18,19);1H. The third-order valence-electron chi connectivity index (χ3n) is 3.71. The van der Waals surface area contributed by atoms with Crippen molar-refractivity contribution in [3.05, 3.63) is 0 Å². The molecule has 1 saturated heterocycles. The van der Waals surface area contributed by atoms with Gasteiger partial charge in [0, 0.05) is 12.6 Å². The first kappa shape index (κ1) is 17.2. The van der Waals surface area contributed by atoms with E-state index in [1.54, 1.807) is 0 Å². The van der Waals surface area contributed by atoms with Gasteiger partial charge in [-0.2, -0.15) is 0 Å². The van der Waals surface area contributed by atoms with E-state index in [0.717, 1.165) is 38.8 Å². The highest BCUT2D eigenvalue weighted by atomic mass is 35.5. The first-order chi connectivity index (χ1) is 9.17. The largest absolute Gasteiger partial charge is 0.335 e. The van der Waals surface area contributed by atoms with Gasteiger partial charge in [-0.3, -0.25) is 15.0 Å². The van der Waals surface area contributed by atoms with Gasteiger partial charge >= 0.3 is 6.03 Å². The minimum Gasteiger partial charge on any atom is -0.335 e. The summed E-state index contributed by atoms with van der Waals surface area (Å²) in [5, 5.41) is 5.14. The molecule has 1 aliphatic carbocycles. The van der Waals surface area contributed by atoms with E-state index < -0.39 is 0 Å². The van der Waals surface area contributed by atoms with Gasteiger partial charge in [-0.25, -0.2) is 4.79 Å². The van der Waals surface area contributed by atoms with Crippen LogP contribution in [0.5, 0.6) is 0 Å². The predicted molar refractivity (Wildman–Crippen MR) is 79.8 cm³/mol. The summed E-state index contributed by atoms with van der Waals surface area (Å²) in [5.41, 5.74) is 5.57. The summed E-state index contributed by atoms with van der Waals surface area (Å²) < 4.78 is 0. The van der Waals surface area contributed by atoms with Gasteiger partial charge in [0.15, 0.2) is 0 Å². The van der Waals surface area contributed by atoms with Crippen LogP contribution in [0.3, 0.4) is 0 Å². The molecule has 1 aliphatic heterocycles. The smallest absolute Gasteiger partial charge is 0.321 e. The molecule has 0 aromatic carbocycles. The summed E-state index contributed by atoms with van der Waals surface area (Å²) in [6.45, 7) is 2.85. The summed E-state index contributed by atoms with van der Waals surface area (Å²) in [4.78, 5) is 25.3. The fourth-order valence-corrected chi connectivity index (χ4v) is 2.58. The van der Waals surface area contributed by atoms with Crippen LogP contribution in [0, 0.1) is 5.92 Å².